The van der Waals surface area contributed by atoms with Gasteiger partial charge in [-0.15, -0.1) is 10.2 Å². The lowest BCUT2D eigenvalue weighted by molar-refractivity contribution is 0.145. The Morgan fingerprint density at radius 2 is 1.97 bits per heavy atom. The molecule has 1 unspecified atom stereocenters. The van der Waals surface area contributed by atoms with Gasteiger partial charge >= 0.3 is 6.09 Å². The average molecular weight is 516 g/mol. The van der Waals surface area contributed by atoms with Crippen molar-refractivity contribution >= 4 is 11.8 Å². The van der Waals surface area contributed by atoms with E-state index in [2.05, 4.69) is 26.2 Å². The van der Waals surface area contributed by atoms with Crippen LogP contribution in [0.5, 0.6) is 0 Å². The van der Waals surface area contributed by atoms with E-state index in [0.717, 1.165) is 33.6 Å². The highest BCUT2D eigenvalue weighted by Crippen LogP contribution is 2.32. The van der Waals surface area contributed by atoms with Gasteiger partial charge in [0.2, 0.25) is 0 Å². The number of aliphatic imine (C=N–C) groups is 1. The Kier molecular flexibility index (Phi) is 7.29. The predicted molar refractivity (Wildman–Crippen MR) is 139 cm³/mol. The van der Waals surface area contributed by atoms with Crippen LogP contribution in [-0.4, -0.2) is 50.0 Å². The van der Waals surface area contributed by atoms with Crippen molar-refractivity contribution in [2.45, 2.75) is 39.8 Å². The van der Waals surface area contributed by atoms with Crippen LogP contribution in [-0.2, 0) is 17.6 Å². The first-order chi connectivity index (χ1) is 18.5. The normalized spacial score (nSPS) is 14.3. The molecule has 1 aliphatic heterocycles. The number of carbonyl (C=O) groups excluding carboxylic acids is 1. The lowest BCUT2D eigenvalue weighted by atomic mass is 9.98. The Morgan fingerprint density at radius 1 is 1.16 bits per heavy atom. The number of fused-ring (bicyclic) bond motifs is 3. The molecule has 0 fully saturated rings. The van der Waals surface area contributed by atoms with Gasteiger partial charge in [0, 0.05) is 29.7 Å². The van der Waals surface area contributed by atoms with Crippen LogP contribution in [0.1, 0.15) is 58.4 Å². The summed E-state index contributed by atoms with van der Waals surface area (Å²) in [6.45, 7) is 5.74. The largest absolute Gasteiger partial charge is 0.449 e. The fraction of sp³-hybridized carbons (Fsp3) is 0.296. The molecular weight excluding hydrogens is 486 g/mol. The second kappa shape index (κ2) is 11.0. The summed E-state index contributed by atoms with van der Waals surface area (Å²) in [6.07, 6.45) is -0.489. The third-order valence-corrected chi connectivity index (χ3v) is 6.37. The minimum Gasteiger partial charge on any atom is -0.449 e. The average Bonchev–Trinajstić information content (AvgIpc) is 3.44. The summed E-state index contributed by atoms with van der Waals surface area (Å²) < 4.78 is 12.4. The number of aromatic nitrogens is 4. The Hall–Kier alpha value is -4.35. The van der Waals surface area contributed by atoms with E-state index in [1.807, 2.05) is 66.9 Å². The van der Waals surface area contributed by atoms with Crippen LogP contribution in [0.3, 0.4) is 0 Å². The number of nitrogens with zero attached hydrogens (tertiary/aromatic N) is 5. The number of hydrogen-bond acceptors (Lipinski definition) is 9. The van der Waals surface area contributed by atoms with E-state index < -0.39 is 12.3 Å². The molecule has 0 saturated heterocycles. The smallest absolute Gasteiger partial charge is 0.421 e. The maximum atomic E-state index is 12.1. The summed E-state index contributed by atoms with van der Waals surface area (Å²) in [6, 6.07) is 15.8. The maximum Gasteiger partial charge on any atom is 0.421 e. The Labute approximate surface area is 219 Å². The van der Waals surface area contributed by atoms with Gasteiger partial charge in [0.05, 0.1) is 23.7 Å². The van der Waals surface area contributed by atoms with Gasteiger partial charge in [-0.3, -0.25) is 15.0 Å². The molecule has 2 aromatic heterocycles. The number of aliphatic hydroxyl groups is 1. The molecule has 0 bridgehead atoms. The third-order valence-electron chi connectivity index (χ3n) is 6.37. The molecule has 3 N–H and O–H groups in total. The molecule has 0 radical (unpaired) electrons. The first-order valence-electron chi connectivity index (χ1n) is 12.4. The number of carbonyl (C=O) groups is 1. The van der Waals surface area contributed by atoms with E-state index >= 15 is 0 Å². The summed E-state index contributed by atoms with van der Waals surface area (Å²) in [5, 5.41) is 22.7. The van der Waals surface area contributed by atoms with Gasteiger partial charge in [-0.2, -0.15) is 0 Å². The van der Waals surface area contributed by atoms with Gasteiger partial charge in [-0.05, 0) is 38.8 Å². The van der Waals surface area contributed by atoms with Crippen LogP contribution in [0.15, 0.2) is 58.0 Å². The highest BCUT2D eigenvalue weighted by molar-refractivity contribution is 6.15. The summed E-state index contributed by atoms with van der Waals surface area (Å²) >= 11 is 0. The zero-order chi connectivity index (χ0) is 26.6. The van der Waals surface area contributed by atoms with Crippen LogP contribution < -0.4 is 10.9 Å². The van der Waals surface area contributed by atoms with Crippen molar-refractivity contribution in [2.75, 3.05) is 13.2 Å². The van der Waals surface area contributed by atoms with Gasteiger partial charge in [0.15, 0.2) is 12.0 Å². The molecule has 3 heterocycles. The zero-order valence-electron chi connectivity index (χ0n) is 21.4. The molecule has 0 spiro atoms. The maximum absolute atomic E-state index is 12.1. The fourth-order valence-corrected chi connectivity index (χ4v) is 4.52. The molecule has 1 amide bonds. The molecule has 11 nitrogen and oxygen atoms in total. The quantitative estimate of drug-likeness (QED) is 0.304. The molecule has 0 saturated carbocycles. The van der Waals surface area contributed by atoms with E-state index in [0.29, 0.717) is 36.0 Å². The Bertz CT molecular complexity index is 1460. The number of amides is 1. The molecule has 1 atom stereocenters. The molecular formula is C27H29N7O4. The molecule has 4 aromatic rings. The zero-order valence-corrected chi connectivity index (χ0v) is 21.4. The topological polar surface area (TPSA) is 140 Å². The summed E-state index contributed by atoms with van der Waals surface area (Å²) in [4.78, 5) is 17.1. The molecule has 1 aliphatic rings. The Balaban J connectivity index is 1.70. The van der Waals surface area contributed by atoms with Gasteiger partial charge < -0.3 is 14.4 Å². The number of hydrazine groups is 1. The van der Waals surface area contributed by atoms with Crippen molar-refractivity contribution in [1.82, 2.24) is 30.8 Å². The monoisotopic (exact) mass is 515 g/mol. The first kappa shape index (κ1) is 25.3. The number of ether oxygens (including phenoxy) is 1. The van der Waals surface area contributed by atoms with Crippen molar-refractivity contribution in [3.63, 3.8) is 0 Å². The van der Waals surface area contributed by atoms with Crippen molar-refractivity contribution in [2.24, 2.45) is 4.99 Å². The van der Waals surface area contributed by atoms with E-state index in [1.54, 1.807) is 6.92 Å². The number of aryl methyl sites for hydroxylation is 2. The molecule has 11 heteroatoms. The van der Waals surface area contributed by atoms with Gasteiger partial charge in [-0.25, -0.2) is 10.2 Å². The number of rotatable bonds is 8. The highest BCUT2D eigenvalue weighted by Gasteiger charge is 2.30. The second-order valence-electron chi connectivity index (χ2n) is 8.85. The number of hydrogen-bond donors (Lipinski definition) is 3. The standard InChI is InChI=1S/C27H29N7O4/c1-4-37-27(36)32-30-25-26-31-29-23(15-21-16(2)33-38-17(21)3)34(26)22-14-18(12-13-35)10-11-20(22)24(28-25)19-8-6-5-7-9-19/h5-11,14,25,30,35H,4,12-13,15H2,1-3H3,(H,32,36). The van der Waals surface area contributed by atoms with Crippen molar-refractivity contribution in [3.8, 4) is 5.69 Å². The number of benzene rings is 2. The summed E-state index contributed by atoms with van der Waals surface area (Å²) in [5.74, 6) is 1.85. The fourth-order valence-electron chi connectivity index (χ4n) is 4.52. The molecule has 2 aromatic carbocycles. The first-order valence-corrected chi connectivity index (χ1v) is 12.4. The minimum atomic E-state index is -0.783. The van der Waals surface area contributed by atoms with Gasteiger partial charge in [0.1, 0.15) is 11.6 Å². The third kappa shape index (κ3) is 4.93. The van der Waals surface area contributed by atoms with Crippen LogP contribution in [0.2, 0.25) is 0 Å². The van der Waals surface area contributed by atoms with Crippen LogP contribution in [0, 0.1) is 13.8 Å². The molecule has 38 heavy (non-hydrogen) atoms. The Morgan fingerprint density at radius 3 is 2.68 bits per heavy atom. The SMILES string of the molecule is CCOC(=O)NNC1N=C(c2ccccc2)c2ccc(CCO)cc2-n2c(Cc3c(C)noc3C)nnc21. The number of nitrogens with one attached hydrogen (secondary N) is 2. The van der Waals surface area contributed by atoms with Crippen molar-refractivity contribution in [3.05, 3.63) is 93.9 Å². The van der Waals surface area contributed by atoms with E-state index in [1.165, 1.54) is 0 Å². The van der Waals surface area contributed by atoms with Gasteiger partial charge in [0.25, 0.3) is 0 Å². The summed E-state index contributed by atoms with van der Waals surface area (Å²) in [7, 11) is 0. The number of aliphatic hydroxyl groups excluding tert-OH is 1. The van der Waals surface area contributed by atoms with E-state index in [-0.39, 0.29) is 13.2 Å². The van der Waals surface area contributed by atoms with Crippen LogP contribution in [0.25, 0.3) is 5.69 Å². The highest BCUT2D eigenvalue weighted by atomic mass is 16.5. The summed E-state index contributed by atoms with van der Waals surface area (Å²) in [5.41, 5.74) is 11.5. The molecule has 0 aliphatic carbocycles. The molecule has 196 valence electrons. The lowest BCUT2D eigenvalue weighted by Crippen LogP contribution is -2.40. The van der Waals surface area contributed by atoms with Crippen LogP contribution >= 0.6 is 0 Å². The lowest BCUT2D eigenvalue weighted by Gasteiger charge is -2.16. The van der Waals surface area contributed by atoms with Crippen molar-refractivity contribution in [1.29, 1.82) is 0 Å². The van der Waals surface area contributed by atoms with E-state index in [4.69, 9.17) is 14.3 Å². The second-order valence-corrected chi connectivity index (χ2v) is 8.85. The van der Waals surface area contributed by atoms with Crippen molar-refractivity contribution < 1.29 is 19.2 Å². The van der Waals surface area contributed by atoms with Gasteiger partial charge in [-0.1, -0.05) is 47.6 Å². The van der Waals surface area contributed by atoms with Crippen LogP contribution in [0.4, 0.5) is 4.79 Å². The molecule has 5 rings (SSSR count). The predicted octanol–water partition coefficient (Wildman–Crippen LogP) is 3.10. The minimum absolute atomic E-state index is 0.0209. The van der Waals surface area contributed by atoms with E-state index in [9.17, 15) is 9.90 Å².